The zero-order valence-corrected chi connectivity index (χ0v) is 19.1. The molecule has 1 heterocycles. The van der Waals surface area contributed by atoms with E-state index >= 15 is 0 Å². The van der Waals surface area contributed by atoms with Gasteiger partial charge in [0.25, 0.3) is 5.91 Å². The summed E-state index contributed by atoms with van der Waals surface area (Å²) < 4.78 is 5.12. The number of amides is 1. The number of nitrogens with one attached hydrogen (secondary N) is 1. The summed E-state index contributed by atoms with van der Waals surface area (Å²) in [7, 11) is 0. The molecule has 162 valence electrons. The zero-order valence-electron chi connectivity index (χ0n) is 17.5. The molecule has 1 aliphatic carbocycles. The zero-order chi connectivity index (χ0) is 23.2. The van der Waals surface area contributed by atoms with Crippen molar-refractivity contribution in [2.75, 3.05) is 11.9 Å². The highest BCUT2D eigenvalue weighted by Crippen LogP contribution is 2.36. The van der Waals surface area contributed by atoms with E-state index in [1.54, 1.807) is 38.1 Å². The molecule has 6 nitrogen and oxygen atoms in total. The van der Waals surface area contributed by atoms with Gasteiger partial charge in [0.05, 0.1) is 28.3 Å². The van der Waals surface area contributed by atoms with Crippen LogP contribution < -0.4 is 5.32 Å². The van der Waals surface area contributed by atoms with E-state index in [0.29, 0.717) is 10.6 Å². The molecule has 8 heteroatoms. The maximum absolute atomic E-state index is 13.1. The summed E-state index contributed by atoms with van der Waals surface area (Å²) >= 11 is 7.73. The fourth-order valence-corrected chi connectivity index (χ4v) is 5.04. The highest BCUT2D eigenvalue weighted by Gasteiger charge is 2.33. The Balaban J connectivity index is 1.74. The predicted octanol–water partition coefficient (Wildman–Crippen LogP) is 5.22. The first kappa shape index (κ1) is 21.9. The summed E-state index contributed by atoms with van der Waals surface area (Å²) in [5.74, 6) is -1.86. The number of benzene rings is 2. The lowest BCUT2D eigenvalue weighted by atomic mass is 9.83. The quantitative estimate of drug-likeness (QED) is 0.415. The van der Waals surface area contributed by atoms with E-state index in [2.05, 4.69) is 5.32 Å². The minimum Gasteiger partial charge on any atom is -0.462 e. The van der Waals surface area contributed by atoms with E-state index in [1.165, 1.54) is 23.5 Å². The molecule has 0 aliphatic heterocycles. The topological polar surface area (TPSA) is 89.5 Å². The summed E-state index contributed by atoms with van der Waals surface area (Å²) in [6.07, 6.45) is 0. The lowest BCUT2D eigenvalue weighted by Crippen LogP contribution is -2.23. The predicted molar refractivity (Wildman–Crippen MR) is 122 cm³/mol. The molecule has 1 aliphatic rings. The van der Waals surface area contributed by atoms with Gasteiger partial charge in [-0.1, -0.05) is 35.9 Å². The number of ether oxygens (including phenoxy) is 1. The van der Waals surface area contributed by atoms with Crippen LogP contribution in [0.15, 0.2) is 36.4 Å². The highest BCUT2D eigenvalue weighted by atomic mass is 35.5. The molecule has 0 spiro atoms. The largest absolute Gasteiger partial charge is 0.462 e. The number of carbonyl (C=O) groups is 4. The third-order valence-corrected chi connectivity index (χ3v) is 6.88. The molecule has 3 aromatic rings. The van der Waals surface area contributed by atoms with Crippen LogP contribution in [0.1, 0.15) is 69.9 Å². The maximum atomic E-state index is 13.1. The van der Waals surface area contributed by atoms with Gasteiger partial charge in [-0.3, -0.25) is 14.4 Å². The molecule has 0 radical (unpaired) electrons. The standard InChI is InChI=1S/C24H18ClNO5S/c1-4-31-24(30)17-11(2)12(3)32-23(17)26-22(29)16-10-9-15-18(19(16)25)21(28)14-8-6-5-7-13(14)20(15)27/h5-10H,4H2,1-3H3,(H,26,29). The first-order valence-corrected chi connectivity index (χ1v) is 11.0. The number of hydrogen-bond donors (Lipinski definition) is 1. The van der Waals surface area contributed by atoms with E-state index in [4.69, 9.17) is 16.3 Å². The van der Waals surface area contributed by atoms with Gasteiger partial charge in [-0.05, 0) is 38.5 Å². The first-order chi connectivity index (χ1) is 15.3. The Morgan fingerprint density at radius 2 is 1.66 bits per heavy atom. The number of thiophene rings is 1. The van der Waals surface area contributed by atoms with Gasteiger partial charge in [0, 0.05) is 21.6 Å². The molecule has 0 unspecified atom stereocenters. The minimum absolute atomic E-state index is 0.00664. The Morgan fingerprint density at radius 3 is 2.31 bits per heavy atom. The lowest BCUT2D eigenvalue weighted by molar-refractivity contribution is 0.0527. The molecular weight excluding hydrogens is 450 g/mol. The number of hydrogen-bond acceptors (Lipinski definition) is 6. The minimum atomic E-state index is -0.594. The van der Waals surface area contributed by atoms with E-state index in [0.717, 1.165) is 10.4 Å². The van der Waals surface area contributed by atoms with Crippen LogP contribution in [-0.2, 0) is 4.74 Å². The summed E-state index contributed by atoms with van der Waals surface area (Å²) in [6, 6.07) is 9.34. The van der Waals surface area contributed by atoms with E-state index in [-0.39, 0.29) is 45.2 Å². The van der Waals surface area contributed by atoms with Crippen LogP contribution in [0.5, 0.6) is 0 Å². The van der Waals surface area contributed by atoms with Crippen LogP contribution >= 0.6 is 22.9 Å². The van der Waals surface area contributed by atoms with Gasteiger partial charge in [0.15, 0.2) is 11.6 Å². The fourth-order valence-electron chi connectivity index (χ4n) is 3.66. The second-order valence-electron chi connectivity index (χ2n) is 7.22. The summed E-state index contributed by atoms with van der Waals surface area (Å²) in [5, 5.41) is 2.96. The maximum Gasteiger partial charge on any atom is 0.341 e. The van der Waals surface area contributed by atoms with Crippen molar-refractivity contribution in [3.05, 3.63) is 85.2 Å². The van der Waals surface area contributed by atoms with Gasteiger partial charge in [-0.25, -0.2) is 4.79 Å². The number of aryl methyl sites for hydroxylation is 1. The third kappa shape index (κ3) is 3.43. The monoisotopic (exact) mass is 467 g/mol. The molecule has 1 amide bonds. The van der Waals surface area contributed by atoms with Crippen LogP contribution in [0.25, 0.3) is 0 Å². The van der Waals surface area contributed by atoms with Crippen LogP contribution in [0.3, 0.4) is 0 Å². The van der Waals surface area contributed by atoms with Crippen molar-refractivity contribution in [3.8, 4) is 0 Å². The van der Waals surface area contributed by atoms with Crippen molar-refractivity contribution >= 4 is 51.4 Å². The van der Waals surface area contributed by atoms with Gasteiger partial charge in [0.1, 0.15) is 5.00 Å². The Bertz CT molecular complexity index is 1320. The number of anilines is 1. The number of ketones is 2. The summed E-state index contributed by atoms with van der Waals surface area (Å²) in [5.41, 5.74) is 1.76. The summed E-state index contributed by atoms with van der Waals surface area (Å²) in [4.78, 5) is 52.2. The average Bonchev–Trinajstić information content (AvgIpc) is 3.04. The van der Waals surface area contributed by atoms with Crippen LogP contribution in [0, 0.1) is 13.8 Å². The van der Waals surface area contributed by atoms with Gasteiger partial charge in [0.2, 0.25) is 0 Å². The van der Waals surface area contributed by atoms with Gasteiger partial charge < -0.3 is 10.1 Å². The van der Waals surface area contributed by atoms with Crippen molar-refractivity contribution in [2.24, 2.45) is 0 Å². The third-order valence-electron chi connectivity index (χ3n) is 5.37. The molecule has 0 saturated carbocycles. The highest BCUT2D eigenvalue weighted by molar-refractivity contribution is 7.16. The second kappa shape index (κ2) is 8.33. The number of rotatable bonds is 4. The first-order valence-electron chi connectivity index (χ1n) is 9.85. The smallest absolute Gasteiger partial charge is 0.341 e. The van der Waals surface area contributed by atoms with Crippen LogP contribution in [0.4, 0.5) is 5.00 Å². The molecule has 2 aromatic carbocycles. The fraction of sp³-hybridized carbons (Fsp3) is 0.167. The molecule has 1 N–H and O–H groups in total. The molecule has 32 heavy (non-hydrogen) atoms. The number of halogens is 1. The molecular formula is C24H18ClNO5S. The molecule has 0 atom stereocenters. The van der Waals surface area contributed by atoms with Crippen molar-refractivity contribution < 1.29 is 23.9 Å². The van der Waals surface area contributed by atoms with Crippen LogP contribution in [0.2, 0.25) is 5.02 Å². The van der Waals surface area contributed by atoms with Gasteiger partial charge in [-0.15, -0.1) is 11.3 Å². The molecule has 0 fully saturated rings. The number of fused-ring (bicyclic) bond motifs is 2. The Labute approximate surface area is 193 Å². The number of esters is 1. The molecule has 1 aromatic heterocycles. The van der Waals surface area contributed by atoms with E-state index in [1.807, 2.05) is 6.92 Å². The lowest BCUT2D eigenvalue weighted by Gasteiger charge is -2.19. The van der Waals surface area contributed by atoms with Crippen molar-refractivity contribution in [1.29, 1.82) is 0 Å². The van der Waals surface area contributed by atoms with Gasteiger partial charge in [-0.2, -0.15) is 0 Å². The average molecular weight is 468 g/mol. The Morgan fingerprint density at radius 1 is 1.00 bits per heavy atom. The Kier molecular flexibility index (Phi) is 5.71. The van der Waals surface area contributed by atoms with Crippen LogP contribution in [-0.4, -0.2) is 30.0 Å². The van der Waals surface area contributed by atoms with Gasteiger partial charge >= 0.3 is 5.97 Å². The van der Waals surface area contributed by atoms with Crippen molar-refractivity contribution in [3.63, 3.8) is 0 Å². The molecule has 4 rings (SSSR count). The molecule has 0 bridgehead atoms. The Hall–Kier alpha value is -3.29. The SMILES string of the molecule is CCOC(=O)c1c(NC(=O)c2ccc3c(c2Cl)C(=O)c2ccccc2C3=O)sc(C)c1C. The van der Waals surface area contributed by atoms with E-state index in [9.17, 15) is 19.2 Å². The summed E-state index contributed by atoms with van der Waals surface area (Å²) in [6.45, 7) is 5.52. The van der Waals surface area contributed by atoms with Crippen molar-refractivity contribution in [1.82, 2.24) is 0 Å². The second-order valence-corrected chi connectivity index (χ2v) is 8.82. The molecule has 0 saturated heterocycles. The number of carbonyl (C=O) groups excluding carboxylic acids is 4. The normalized spacial score (nSPS) is 12.2. The van der Waals surface area contributed by atoms with E-state index < -0.39 is 17.7 Å². The van der Waals surface area contributed by atoms with Crippen molar-refractivity contribution in [2.45, 2.75) is 20.8 Å².